The van der Waals surface area contributed by atoms with Gasteiger partial charge in [0.05, 0.1) is 5.54 Å². The van der Waals surface area contributed by atoms with Crippen LogP contribution in [0.2, 0.25) is 0 Å². The van der Waals surface area contributed by atoms with Gasteiger partial charge in [0.25, 0.3) is 0 Å². The van der Waals surface area contributed by atoms with Crippen LogP contribution >= 0.6 is 0 Å². The number of benzene rings is 3. The number of rotatable bonds is 9. The molecule has 30 heavy (non-hydrogen) atoms. The average Bonchev–Trinajstić information content (AvgIpc) is 2.75. The summed E-state index contributed by atoms with van der Waals surface area (Å²) in [5.74, 6) is -1.55. The maximum Gasteiger partial charge on any atom is 0.320 e. The predicted octanol–water partition coefficient (Wildman–Crippen LogP) is 2.46. The normalized spacial score (nSPS) is 11.9. The molecule has 0 spiro atoms. The molecule has 0 heterocycles. The monoisotopic (exact) mass is 406 g/mol. The van der Waals surface area contributed by atoms with E-state index in [1.165, 1.54) is 0 Å². The highest BCUT2D eigenvalue weighted by atomic mass is 16.4. The summed E-state index contributed by atoms with van der Waals surface area (Å²) in [5.41, 5.74) is 7.08. The number of nitrogens with two attached hydrogens (primary N) is 1. The molecule has 0 unspecified atom stereocenters. The van der Waals surface area contributed by atoms with Crippen LogP contribution in [0.15, 0.2) is 91.0 Å². The molecular formula is C24H26N2O4. The van der Waals surface area contributed by atoms with Gasteiger partial charge in [-0.25, -0.2) is 0 Å². The van der Waals surface area contributed by atoms with Crippen LogP contribution in [-0.4, -0.2) is 28.5 Å². The quantitative estimate of drug-likeness (QED) is 0.472. The summed E-state index contributed by atoms with van der Waals surface area (Å²) in [6.07, 6.45) is 0.0807. The van der Waals surface area contributed by atoms with E-state index < -0.39 is 23.5 Å². The third-order valence-electron chi connectivity index (χ3n) is 4.99. The van der Waals surface area contributed by atoms with E-state index in [-0.39, 0.29) is 18.3 Å². The SMILES string of the molecule is NC(=O)CC[C@@H](NC(c1ccccc1)(c1ccccc1)c1ccccc1)C(=O)O.O. The molecule has 156 valence electrons. The molecule has 0 radical (unpaired) electrons. The number of carboxylic acid groups (broad SMARTS) is 1. The van der Waals surface area contributed by atoms with Gasteiger partial charge in [-0.3, -0.25) is 14.9 Å². The van der Waals surface area contributed by atoms with Crippen molar-refractivity contribution in [3.8, 4) is 0 Å². The van der Waals surface area contributed by atoms with Crippen molar-refractivity contribution < 1.29 is 20.2 Å². The lowest BCUT2D eigenvalue weighted by Crippen LogP contribution is -2.52. The zero-order valence-electron chi connectivity index (χ0n) is 16.5. The zero-order valence-corrected chi connectivity index (χ0v) is 16.5. The fourth-order valence-corrected chi connectivity index (χ4v) is 3.62. The highest BCUT2D eigenvalue weighted by Gasteiger charge is 2.39. The van der Waals surface area contributed by atoms with Crippen molar-refractivity contribution in [3.05, 3.63) is 108 Å². The molecule has 0 saturated heterocycles. The Labute approximate surface area is 175 Å². The lowest BCUT2D eigenvalue weighted by Gasteiger charge is -2.39. The molecule has 0 aliphatic rings. The van der Waals surface area contributed by atoms with Crippen molar-refractivity contribution in [2.75, 3.05) is 0 Å². The molecule has 0 aliphatic carbocycles. The Bertz CT molecular complexity index is 850. The number of primary amides is 1. The van der Waals surface area contributed by atoms with Crippen molar-refractivity contribution in [3.63, 3.8) is 0 Å². The second-order valence-electron chi connectivity index (χ2n) is 6.89. The fourth-order valence-electron chi connectivity index (χ4n) is 3.62. The number of carboxylic acids is 1. The number of aliphatic carboxylic acids is 1. The first-order valence-corrected chi connectivity index (χ1v) is 9.49. The standard InChI is InChI=1S/C24H24N2O3.H2O/c25-22(27)17-16-21(23(28)29)26-24(18-10-4-1-5-11-18,19-12-6-2-7-13-19)20-14-8-3-9-15-20;/h1-15,21,26H,16-17H2,(H2,25,27)(H,28,29);1H2/t21-;/m1./s1. The van der Waals surface area contributed by atoms with E-state index in [1.807, 2.05) is 91.0 Å². The third kappa shape index (κ3) is 4.92. The predicted molar refractivity (Wildman–Crippen MR) is 116 cm³/mol. The molecule has 0 aliphatic heterocycles. The molecule has 0 aromatic heterocycles. The second-order valence-corrected chi connectivity index (χ2v) is 6.89. The molecule has 0 bridgehead atoms. The second kappa shape index (κ2) is 10.3. The number of carbonyl (C=O) groups is 2. The summed E-state index contributed by atoms with van der Waals surface area (Å²) in [4.78, 5) is 23.4. The lowest BCUT2D eigenvalue weighted by atomic mass is 9.76. The van der Waals surface area contributed by atoms with Crippen LogP contribution in [0.5, 0.6) is 0 Å². The highest BCUT2D eigenvalue weighted by Crippen LogP contribution is 2.37. The van der Waals surface area contributed by atoms with Gasteiger partial charge in [0.2, 0.25) is 5.91 Å². The smallest absolute Gasteiger partial charge is 0.320 e. The van der Waals surface area contributed by atoms with Crippen LogP contribution < -0.4 is 11.1 Å². The number of hydrogen-bond acceptors (Lipinski definition) is 3. The van der Waals surface area contributed by atoms with Gasteiger partial charge in [-0.2, -0.15) is 0 Å². The van der Waals surface area contributed by atoms with E-state index in [0.717, 1.165) is 16.7 Å². The van der Waals surface area contributed by atoms with E-state index in [0.29, 0.717) is 0 Å². The van der Waals surface area contributed by atoms with Gasteiger partial charge in [0.15, 0.2) is 0 Å². The molecular weight excluding hydrogens is 380 g/mol. The average molecular weight is 406 g/mol. The van der Waals surface area contributed by atoms with Gasteiger partial charge in [-0.05, 0) is 23.1 Å². The molecule has 3 rings (SSSR count). The number of hydrogen-bond donors (Lipinski definition) is 3. The van der Waals surface area contributed by atoms with Crippen molar-refractivity contribution in [2.45, 2.75) is 24.4 Å². The Morgan fingerprint density at radius 1 is 0.800 bits per heavy atom. The molecule has 1 amide bonds. The van der Waals surface area contributed by atoms with Crippen LogP contribution in [0, 0.1) is 0 Å². The van der Waals surface area contributed by atoms with Crippen molar-refractivity contribution in [1.82, 2.24) is 5.32 Å². The molecule has 3 aromatic rings. The van der Waals surface area contributed by atoms with Crippen LogP contribution in [0.4, 0.5) is 0 Å². The molecule has 6 nitrogen and oxygen atoms in total. The van der Waals surface area contributed by atoms with Gasteiger partial charge < -0.3 is 16.3 Å². The third-order valence-corrected chi connectivity index (χ3v) is 4.99. The number of carbonyl (C=O) groups excluding carboxylic acids is 1. The van der Waals surface area contributed by atoms with E-state index in [1.54, 1.807) is 0 Å². The van der Waals surface area contributed by atoms with Gasteiger partial charge in [0, 0.05) is 6.42 Å². The minimum Gasteiger partial charge on any atom is -0.480 e. The first kappa shape index (κ1) is 22.8. The molecule has 0 saturated carbocycles. The Kier molecular flexibility index (Phi) is 7.86. The zero-order chi connectivity index (χ0) is 20.7. The van der Waals surface area contributed by atoms with Crippen LogP contribution in [0.3, 0.4) is 0 Å². The first-order valence-electron chi connectivity index (χ1n) is 9.49. The Balaban J connectivity index is 0.00000320. The summed E-state index contributed by atoms with van der Waals surface area (Å²) >= 11 is 0. The van der Waals surface area contributed by atoms with Crippen LogP contribution in [0.1, 0.15) is 29.5 Å². The lowest BCUT2D eigenvalue weighted by molar-refractivity contribution is -0.140. The summed E-state index contributed by atoms with van der Waals surface area (Å²) in [6, 6.07) is 28.2. The van der Waals surface area contributed by atoms with Crippen molar-refractivity contribution >= 4 is 11.9 Å². The summed E-state index contributed by atoms with van der Waals surface area (Å²) in [6.45, 7) is 0. The Morgan fingerprint density at radius 2 is 1.17 bits per heavy atom. The molecule has 0 fully saturated rings. The van der Waals surface area contributed by atoms with Crippen LogP contribution in [0.25, 0.3) is 0 Å². The number of nitrogens with one attached hydrogen (secondary N) is 1. The molecule has 1 atom stereocenters. The minimum atomic E-state index is -1.03. The van der Waals surface area contributed by atoms with Crippen molar-refractivity contribution in [2.24, 2.45) is 5.73 Å². The van der Waals surface area contributed by atoms with E-state index in [9.17, 15) is 14.7 Å². The first-order chi connectivity index (χ1) is 14.0. The largest absolute Gasteiger partial charge is 0.480 e. The number of amides is 1. The maximum absolute atomic E-state index is 12.1. The van der Waals surface area contributed by atoms with Gasteiger partial charge in [-0.15, -0.1) is 0 Å². The van der Waals surface area contributed by atoms with E-state index in [2.05, 4.69) is 5.32 Å². The van der Waals surface area contributed by atoms with Crippen LogP contribution in [-0.2, 0) is 15.1 Å². The summed E-state index contributed by atoms with van der Waals surface area (Å²) in [5, 5.41) is 13.2. The maximum atomic E-state index is 12.1. The molecule has 3 aromatic carbocycles. The van der Waals surface area contributed by atoms with Crippen molar-refractivity contribution in [1.29, 1.82) is 0 Å². The fraction of sp³-hybridized carbons (Fsp3) is 0.167. The minimum absolute atomic E-state index is 0. The van der Waals surface area contributed by atoms with E-state index >= 15 is 0 Å². The topological polar surface area (TPSA) is 124 Å². The molecule has 6 heteroatoms. The molecule has 6 N–H and O–H groups in total. The highest BCUT2D eigenvalue weighted by molar-refractivity contribution is 5.77. The Hall–Kier alpha value is -3.48. The van der Waals surface area contributed by atoms with Gasteiger partial charge in [-0.1, -0.05) is 91.0 Å². The summed E-state index contributed by atoms with van der Waals surface area (Å²) in [7, 11) is 0. The summed E-state index contributed by atoms with van der Waals surface area (Å²) < 4.78 is 0. The van der Waals surface area contributed by atoms with Gasteiger partial charge >= 0.3 is 5.97 Å². The Morgan fingerprint density at radius 3 is 1.47 bits per heavy atom. The van der Waals surface area contributed by atoms with Gasteiger partial charge in [0.1, 0.15) is 6.04 Å². The van der Waals surface area contributed by atoms with E-state index in [4.69, 9.17) is 5.73 Å².